The number of ketones is 2. The maximum atomic E-state index is 12.6. The number of hydrogen-bond donors (Lipinski definition) is 0. The van der Waals surface area contributed by atoms with Gasteiger partial charge in [-0.2, -0.15) is 0 Å². The van der Waals surface area contributed by atoms with E-state index in [1.54, 1.807) is 54.6 Å². The molecule has 1 saturated heterocycles. The van der Waals surface area contributed by atoms with Gasteiger partial charge < -0.3 is 4.74 Å². The zero-order chi connectivity index (χ0) is 15.7. The van der Waals surface area contributed by atoms with Crippen LogP contribution in [-0.4, -0.2) is 17.5 Å². The van der Waals surface area contributed by atoms with Crippen LogP contribution in [0.15, 0.2) is 59.1 Å². The lowest BCUT2D eigenvalue weighted by Crippen LogP contribution is -2.25. The quantitative estimate of drug-likeness (QED) is 0.366. The first kappa shape index (κ1) is 14.7. The van der Waals surface area contributed by atoms with Crippen molar-refractivity contribution in [3.63, 3.8) is 0 Å². The molecule has 2 aromatic rings. The SMILES string of the molecule is O=C1OC(c2ccc(Br)cc2)C(C(=O)c2ccccc2)C1=O. The van der Waals surface area contributed by atoms with Crippen molar-refractivity contribution in [2.24, 2.45) is 5.92 Å². The Bertz CT molecular complexity index is 737. The molecule has 0 saturated carbocycles. The molecule has 22 heavy (non-hydrogen) atoms. The molecule has 0 bridgehead atoms. The third-order valence-corrected chi connectivity index (χ3v) is 4.09. The van der Waals surface area contributed by atoms with Crippen LogP contribution in [0.4, 0.5) is 0 Å². The summed E-state index contributed by atoms with van der Waals surface area (Å²) in [6, 6.07) is 15.5. The van der Waals surface area contributed by atoms with Gasteiger partial charge in [0.1, 0.15) is 12.0 Å². The number of esters is 1. The van der Waals surface area contributed by atoms with Crippen LogP contribution in [-0.2, 0) is 14.3 Å². The minimum absolute atomic E-state index is 0.390. The van der Waals surface area contributed by atoms with Gasteiger partial charge in [-0.1, -0.05) is 58.4 Å². The van der Waals surface area contributed by atoms with Gasteiger partial charge in [0.15, 0.2) is 5.78 Å². The van der Waals surface area contributed by atoms with E-state index in [2.05, 4.69) is 15.9 Å². The van der Waals surface area contributed by atoms with Gasteiger partial charge in [-0.3, -0.25) is 9.59 Å². The first-order valence-electron chi connectivity index (χ1n) is 6.67. The molecule has 5 heteroatoms. The molecule has 0 aromatic heterocycles. The third-order valence-electron chi connectivity index (χ3n) is 3.56. The normalized spacial score (nSPS) is 20.8. The number of carbonyl (C=O) groups is 3. The molecule has 1 aliphatic rings. The van der Waals surface area contributed by atoms with Gasteiger partial charge in [0.05, 0.1) is 0 Å². The van der Waals surface area contributed by atoms with Gasteiger partial charge in [0.25, 0.3) is 5.78 Å². The largest absolute Gasteiger partial charge is 0.450 e. The van der Waals surface area contributed by atoms with E-state index in [1.165, 1.54) is 0 Å². The van der Waals surface area contributed by atoms with Gasteiger partial charge >= 0.3 is 5.97 Å². The van der Waals surface area contributed by atoms with Crippen LogP contribution >= 0.6 is 15.9 Å². The maximum absolute atomic E-state index is 12.6. The van der Waals surface area contributed by atoms with Crippen molar-refractivity contribution in [3.05, 3.63) is 70.2 Å². The van der Waals surface area contributed by atoms with Crippen LogP contribution in [0.5, 0.6) is 0 Å². The van der Waals surface area contributed by atoms with E-state index in [0.29, 0.717) is 11.1 Å². The third kappa shape index (κ3) is 2.60. The zero-order valence-corrected chi connectivity index (χ0v) is 12.9. The molecule has 0 N–H and O–H groups in total. The van der Waals surface area contributed by atoms with Crippen LogP contribution in [0.1, 0.15) is 22.0 Å². The summed E-state index contributed by atoms with van der Waals surface area (Å²) in [5.74, 6) is -3.27. The second kappa shape index (κ2) is 5.85. The molecule has 2 atom stereocenters. The molecule has 1 heterocycles. The van der Waals surface area contributed by atoms with Crippen LogP contribution in [0.3, 0.4) is 0 Å². The number of Topliss-reactive ketones (excluding diaryl/α,β-unsaturated/α-hetero) is 2. The van der Waals surface area contributed by atoms with Crippen LogP contribution in [0.25, 0.3) is 0 Å². The average molecular weight is 359 g/mol. The predicted octanol–water partition coefficient (Wildman–Crippen LogP) is 3.12. The van der Waals surface area contributed by atoms with Gasteiger partial charge in [-0.25, -0.2) is 4.79 Å². The standard InChI is InChI=1S/C17H11BrO4/c18-12-8-6-11(7-9-12)16-13(15(20)17(21)22-16)14(19)10-4-2-1-3-5-10/h1-9,13,16H. The van der Waals surface area contributed by atoms with Crippen molar-refractivity contribution in [3.8, 4) is 0 Å². The number of cyclic esters (lactones) is 1. The molecular weight excluding hydrogens is 348 g/mol. The molecule has 0 radical (unpaired) electrons. The lowest BCUT2D eigenvalue weighted by Gasteiger charge is -2.15. The molecule has 0 amide bonds. The molecule has 1 fully saturated rings. The number of halogens is 1. The topological polar surface area (TPSA) is 60.4 Å². The number of carbonyl (C=O) groups excluding carboxylic acids is 3. The Morgan fingerprint density at radius 1 is 0.955 bits per heavy atom. The summed E-state index contributed by atoms with van der Waals surface area (Å²) in [5, 5.41) is 0. The van der Waals surface area contributed by atoms with Crippen LogP contribution in [0, 0.1) is 5.92 Å². The predicted molar refractivity (Wildman–Crippen MR) is 82.2 cm³/mol. The van der Waals surface area contributed by atoms with Crippen molar-refractivity contribution >= 4 is 33.5 Å². The molecule has 2 unspecified atom stereocenters. The summed E-state index contributed by atoms with van der Waals surface area (Å²) in [4.78, 5) is 36.3. The fraction of sp³-hybridized carbons (Fsp3) is 0.118. The molecule has 0 spiro atoms. The monoisotopic (exact) mass is 358 g/mol. The number of ether oxygens (including phenoxy) is 1. The fourth-order valence-electron chi connectivity index (χ4n) is 2.46. The van der Waals surface area contributed by atoms with Crippen LogP contribution in [0.2, 0.25) is 0 Å². The molecule has 2 aromatic carbocycles. The molecule has 1 aliphatic heterocycles. The Hall–Kier alpha value is -2.27. The van der Waals surface area contributed by atoms with Gasteiger partial charge in [-0.15, -0.1) is 0 Å². The Kier molecular flexibility index (Phi) is 3.90. The van der Waals surface area contributed by atoms with Gasteiger partial charge in [0.2, 0.25) is 0 Å². The summed E-state index contributed by atoms with van der Waals surface area (Å²) in [5.41, 5.74) is 1.01. The summed E-state index contributed by atoms with van der Waals surface area (Å²) < 4.78 is 5.99. The van der Waals surface area contributed by atoms with Crippen molar-refractivity contribution in [2.75, 3.05) is 0 Å². The van der Waals surface area contributed by atoms with Crippen LogP contribution < -0.4 is 0 Å². The smallest absolute Gasteiger partial charge is 0.376 e. The van der Waals surface area contributed by atoms with E-state index in [4.69, 9.17) is 4.74 Å². The second-order valence-electron chi connectivity index (χ2n) is 4.95. The molecule has 0 aliphatic carbocycles. The minimum atomic E-state index is -1.13. The molecular formula is C17H11BrO4. The number of rotatable bonds is 3. The second-order valence-corrected chi connectivity index (χ2v) is 5.87. The summed E-state index contributed by atoms with van der Waals surface area (Å²) in [6.07, 6.45) is -0.874. The van der Waals surface area contributed by atoms with E-state index in [9.17, 15) is 14.4 Å². The van der Waals surface area contributed by atoms with Gasteiger partial charge in [-0.05, 0) is 17.7 Å². The highest BCUT2D eigenvalue weighted by molar-refractivity contribution is 9.10. The lowest BCUT2D eigenvalue weighted by molar-refractivity contribution is -0.149. The first-order valence-corrected chi connectivity index (χ1v) is 7.47. The highest BCUT2D eigenvalue weighted by Crippen LogP contribution is 2.35. The van der Waals surface area contributed by atoms with Crippen molar-refractivity contribution in [1.82, 2.24) is 0 Å². The summed E-state index contributed by atoms with van der Waals surface area (Å²) in [7, 11) is 0. The fourth-order valence-corrected chi connectivity index (χ4v) is 2.72. The summed E-state index contributed by atoms with van der Waals surface area (Å²) in [6.45, 7) is 0. The lowest BCUT2D eigenvalue weighted by atomic mass is 9.87. The average Bonchev–Trinajstić information content (AvgIpc) is 2.84. The Morgan fingerprint density at radius 3 is 2.23 bits per heavy atom. The summed E-state index contributed by atoms with van der Waals surface area (Å²) >= 11 is 3.32. The van der Waals surface area contributed by atoms with Gasteiger partial charge in [0, 0.05) is 10.0 Å². The van der Waals surface area contributed by atoms with Crippen molar-refractivity contribution in [2.45, 2.75) is 6.10 Å². The highest BCUT2D eigenvalue weighted by atomic mass is 79.9. The highest BCUT2D eigenvalue weighted by Gasteiger charge is 2.48. The van der Waals surface area contributed by atoms with Crippen molar-refractivity contribution in [1.29, 1.82) is 0 Å². The zero-order valence-electron chi connectivity index (χ0n) is 11.4. The molecule has 4 nitrogen and oxygen atoms in total. The Morgan fingerprint density at radius 2 is 1.59 bits per heavy atom. The number of hydrogen-bond acceptors (Lipinski definition) is 4. The van der Waals surface area contributed by atoms with E-state index < -0.39 is 29.6 Å². The minimum Gasteiger partial charge on any atom is -0.450 e. The Labute approximate surface area is 135 Å². The maximum Gasteiger partial charge on any atom is 0.376 e. The van der Waals surface area contributed by atoms with E-state index >= 15 is 0 Å². The van der Waals surface area contributed by atoms with E-state index in [1.807, 2.05) is 0 Å². The first-order chi connectivity index (χ1) is 10.6. The van der Waals surface area contributed by atoms with E-state index in [-0.39, 0.29) is 0 Å². The van der Waals surface area contributed by atoms with E-state index in [0.717, 1.165) is 4.47 Å². The molecule has 110 valence electrons. The Balaban J connectivity index is 1.99. The number of benzene rings is 2. The van der Waals surface area contributed by atoms with Crippen molar-refractivity contribution < 1.29 is 19.1 Å². The molecule has 3 rings (SSSR count).